The van der Waals surface area contributed by atoms with Crippen molar-refractivity contribution in [1.82, 2.24) is 0 Å². The summed E-state index contributed by atoms with van der Waals surface area (Å²) in [4.78, 5) is 0. The maximum Gasteiger partial charge on any atom is 0.119 e. The molecule has 0 spiro atoms. The van der Waals surface area contributed by atoms with Crippen molar-refractivity contribution in [3.63, 3.8) is 0 Å². The van der Waals surface area contributed by atoms with Crippen molar-refractivity contribution in [2.45, 2.75) is 57.5 Å². The number of unbranched alkanes of at least 4 members (excludes halogenated alkanes) is 2. The summed E-state index contributed by atoms with van der Waals surface area (Å²) in [6, 6.07) is 33.8. The molecule has 0 amide bonds. The van der Waals surface area contributed by atoms with Crippen molar-refractivity contribution in [2.75, 3.05) is 39.6 Å². The minimum absolute atomic E-state index is 0.0647. The van der Waals surface area contributed by atoms with Gasteiger partial charge in [-0.25, -0.2) is 0 Å². The second-order valence-electron chi connectivity index (χ2n) is 11.9. The van der Waals surface area contributed by atoms with Gasteiger partial charge in [0.15, 0.2) is 0 Å². The number of benzene rings is 4. The highest BCUT2D eigenvalue weighted by atomic mass is 16.6. The van der Waals surface area contributed by atoms with Crippen molar-refractivity contribution < 1.29 is 28.4 Å². The predicted octanol–water partition coefficient (Wildman–Crippen LogP) is 8.60. The molecule has 6 nitrogen and oxygen atoms in total. The Morgan fingerprint density at radius 2 is 0.844 bits per heavy atom. The van der Waals surface area contributed by atoms with Crippen LogP contribution in [0.3, 0.4) is 0 Å². The first-order valence-corrected chi connectivity index (χ1v) is 16.2. The molecule has 4 atom stereocenters. The van der Waals surface area contributed by atoms with E-state index in [-0.39, 0.29) is 24.4 Å². The fourth-order valence-corrected chi connectivity index (χ4v) is 5.17. The average Bonchev–Trinajstić information content (AvgIpc) is 4.03. The minimum Gasteiger partial charge on any atom is -0.494 e. The smallest absolute Gasteiger partial charge is 0.119 e. The summed E-state index contributed by atoms with van der Waals surface area (Å²) in [5, 5.41) is 0. The molecule has 4 aromatic rings. The molecule has 2 fully saturated rings. The Labute approximate surface area is 267 Å². The SMILES string of the molecule is CC(OCC1CO1)c1ccc(-c2ccc(OCCCCCOc3ccc(-c4ccc(C(C)OCC5CO5)cc4)cc3)cc2)cc1. The highest BCUT2D eigenvalue weighted by Gasteiger charge is 2.24. The molecule has 4 unspecified atom stereocenters. The Morgan fingerprint density at radius 3 is 1.18 bits per heavy atom. The van der Waals surface area contributed by atoms with Gasteiger partial charge in [-0.1, -0.05) is 72.8 Å². The lowest BCUT2D eigenvalue weighted by Gasteiger charge is -2.13. The monoisotopic (exact) mass is 608 g/mol. The summed E-state index contributed by atoms with van der Waals surface area (Å²) in [7, 11) is 0. The molecule has 45 heavy (non-hydrogen) atoms. The lowest BCUT2D eigenvalue weighted by Crippen LogP contribution is -2.05. The van der Waals surface area contributed by atoms with Crippen LogP contribution in [-0.4, -0.2) is 51.8 Å². The van der Waals surface area contributed by atoms with E-state index in [0.717, 1.165) is 44.0 Å². The Balaban J connectivity index is 0.848. The van der Waals surface area contributed by atoms with E-state index in [2.05, 4.69) is 86.6 Å². The maximum absolute atomic E-state index is 5.98. The van der Waals surface area contributed by atoms with Crippen LogP contribution >= 0.6 is 0 Å². The number of hydrogen-bond acceptors (Lipinski definition) is 6. The Hall–Kier alpha value is -3.68. The third-order valence-electron chi connectivity index (χ3n) is 8.33. The van der Waals surface area contributed by atoms with E-state index >= 15 is 0 Å². The van der Waals surface area contributed by atoms with Crippen LogP contribution in [0.4, 0.5) is 0 Å². The van der Waals surface area contributed by atoms with Crippen molar-refractivity contribution in [3.05, 3.63) is 108 Å². The van der Waals surface area contributed by atoms with Gasteiger partial charge in [0.1, 0.15) is 23.7 Å². The topological polar surface area (TPSA) is 62.0 Å². The zero-order valence-corrected chi connectivity index (χ0v) is 26.4. The van der Waals surface area contributed by atoms with Crippen molar-refractivity contribution in [1.29, 1.82) is 0 Å². The van der Waals surface area contributed by atoms with Gasteiger partial charge in [-0.2, -0.15) is 0 Å². The third-order valence-corrected chi connectivity index (χ3v) is 8.33. The first-order valence-electron chi connectivity index (χ1n) is 16.2. The van der Waals surface area contributed by atoms with E-state index in [1.807, 2.05) is 24.3 Å². The number of epoxide rings is 2. The van der Waals surface area contributed by atoms with Crippen LogP contribution in [0.1, 0.15) is 56.4 Å². The molecule has 0 saturated carbocycles. The minimum atomic E-state index is 0.0647. The van der Waals surface area contributed by atoms with Crippen LogP contribution in [0, 0.1) is 0 Å². The molecule has 2 saturated heterocycles. The fourth-order valence-electron chi connectivity index (χ4n) is 5.17. The molecular formula is C39H44O6. The van der Waals surface area contributed by atoms with E-state index in [1.165, 1.54) is 33.4 Å². The van der Waals surface area contributed by atoms with Crippen LogP contribution in [-0.2, 0) is 18.9 Å². The standard InChI is InChI=1S/C39H44O6/c1-28(42-24-38-26-44-38)30-6-10-32(11-7-30)34-14-18-36(19-15-34)40-22-4-3-5-23-41-37-20-16-35(17-21-37)33-12-8-31(9-13-33)29(2)43-25-39-27-45-39/h6-21,28-29,38-39H,3-5,22-27H2,1-2H3. The van der Waals surface area contributed by atoms with Gasteiger partial charge in [0.2, 0.25) is 0 Å². The maximum atomic E-state index is 5.98. The molecule has 0 radical (unpaired) electrons. The molecule has 0 aliphatic carbocycles. The van der Waals surface area contributed by atoms with Crippen LogP contribution in [0.15, 0.2) is 97.1 Å². The molecule has 2 heterocycles. The highest BCUT2D eigenvalue weighted by molar-refractivity contribution is 5.65. The van der Waals surface area contributed by atoms with Crippen LogP contribution in [0.2, 0.25) is 0 Å². The molecule has 6 heteroatoms. The zero-order chi connectivity index (χ0) is 30.8. The largest absolute Gasteiger partial charge is 0.494 e. The predicted molar refractivity (Wildman–Crippen MR) is 177 cm³/mol. The lowest BCUT2D eigenvalue weighted by molar-refractivity contribution is 0.0539. The van der Waals surface area contributed by atoms with Gasteiger partial charge in [-0.15, -0.1) is 0 Å². The molecule has 2 aliphatic rings. The molecule has 0 bridgehead atoms. The number of ether oxygens (including phenoxy) is 6. The van der Waals surface area contributed by atoms with Crippen LogP contribution in [0.5, 0.6) is 11.5 Å². The molecule has 0 N–H and O–H groups in total. The van der Waals surface area contributed by atoms with Gasteiger partial charge in [0.25, 0.3) is 0 Å². The van der Waals surface area contributed by atoms with Gasteiger partial charge in [0.05, 0.1) is 51.8 Å². The van der Waals surface area contributed by atoms with E-state index in [4.69, 9.17) is 28.4 Å². The van der Waals surface area contributed by atoms with Gasteiger partial charge in [-0.3, -0.25) is 0 Å². The summed E-state index contributed by atoms with van der Waals surface area (Å²) >= 11 is 0. The fraction of sp³-hybridized carbons (Fsp3) is 0.385. The third kappa shape index (κ3) is 9.65. The van der Waals surface area contributed by atoms with Gasteiger partial charge in [0, 0.05) is 0 Å². The van der Waals surface area contributed by atoms with Gasteiger partial charge >= 0.3 is 0 Å². The molecular weight excluding hydrogens is 564 g/mol. The summed E-state index contributed by atoms with van der Waals surface area (Å²) in [5.74, 6) is 1.80. The zero-order valence-electron chi connectivity index (χ0n) is 26.4. The van der Waals surface area contributed by atoms with Gasteiger partial charge < -0.3 is 28.4 Å². The summed E-state index contributed by atoms with van der Waals surface area (Å²) in [6.07, 6.45) is 3.74. The number of hydrogen-bond donors (Lipinski definition) is 0. The lowest BCUT2D eigenvalue weighted by atomic mass is 10.0. The first-order chi connectivity index (χ1) is 22.1. The van der Waals surface area contributed by atoms with Gasteiger partial charge in [-0.05, 0) is 90.8 Å². The Kier molecular flexibility index (Phi) is 10.8. The summed E-state index contributed by atoms with van der Waals surface area (Å²) < 4.78 is 34.2. The normalized spacial score (nSPS) is 18.3. The molecule has 236 valence electrons. The average molecular weight is 609 g/mol. The quantitative estimate of drug-likeness (QED) is 0.0833. The molecule has 6 rings (SSSR count). The van der Waals surface area contributed by atoms with E-state index < -0.39 is 0 Å². The van der Waals surface area contributed by atoms with Crippen LogP contribution in [0.25, 0.3) is 22.3 Å². The number of rotatable bonds is 18. The van der Waals surface area contributed by atoms with Crippen LogP contribution < -0.4 is 9.47 Å². The van der Waals surface area contributed by atoms with Crippen molar-refractivity contribution in [2.24, 2.45) is 0 Å². The molecule has 0 aromatic heterocycles. The van der Waals surface area contributed by atoms with Crippen molar-refractivity contribution >= 4 is 0 Å². The van der Waals surface area contributed by atoms with E-state index in [1.54, 1.807) is 0 Å². The molecule has 4 aromatic carbocycles. The Bertz CT molecular complexity index is 1330. The summed E-state index contributed by atoms with van der Waals surface area (Å²) in [6.45, 7) is 8.54. The second-order valence-corrected chi connectivity index (χ2v) is 11.9. The summed E-state index contributed by atoms with van der Waals surface area (Å²) in [5.41, 5.74) is 7.07. The first kappa shape index (κ1) is 31.3. The van der Waals surface area contributed by atoms with E-state index in [9.17, 15) is 0 Å². The second kappa shape index (κ2) is 15.5. The highest BCUT2D eigenvalue weighted by Crippen LogP contribution is 2.28. The van der Waals surface area contributed by atoms with E-state index in [0.29, 0.717) is 26.4 Å². The molecule has 2 aliphatic heterocycles. The Morgan fingerprint density at radius 1 is 0.511 bits per heavy atom. The van der Waals surface area contributed by atoms with Crippen molar-refractivity contribution in [3.8, 4) is 33.8 Å².